The van der Waals surface area contributed by atoms with Crippen LogP contribution in [0, 0.1) is 17.8 Å². The number of aliphatic carboxylic acids is 1. The summed E-state index contributed by atoms with van der Waals surface area (Å²) in [4.78, 5) is 104. The number of hydrogen-bond acceptors (Lipinski definition) is 11. The molecule has 0 radical (unpaired) electrons. The number of aliphatic hydroxyl groups excluding tert-OH is 1. The van der Waals surface area contributed by atoms with Crippen LogP contribution in [0.15, 0.2) is 30.3 Å². The van der Waals surface area contributed by atoms with Crippen molar-refractivity contribution in [2.24, 2.45) is 23.5 Å². The van der Waals surface area contributed by atoms with Crippen LogP contribution in [0.5, 0.6) is 0 Å². The monoisotopic (exact) mass is 850 g/mol. The van der Waals surface area contributed by atoms with Gasteiger partial charge in [0.2, 0.25) is 41.4 Å². The minimum Gasteiger partial charge on any atom is -0.480 e. The predicted molar refractivity (Wildman–Crippen MR) is 224 cm³/mol. The van der Waals surface area contributed by atoms with E-state index < -0.39 is 108 Å². The van der Waals surface area contributed by atoms with Gasteiger partial charge in [-0.1, -0.05) is 71.9 Å². The molecule has 11 N–H and O–H groups in total. The average Bonchev–Trinajstić information content (AvgIpc) is 3.15. The summed E-state index contributed by atoms with van der Waals surface area (Å²) in [6.07, 6.45) is 1.29. The normalized spacial score (nSPS) is 15.4. The van der Waals surface area contributed by atoms with Crippen molar-refractivity contribution in [1.29, 1.82) is 0 Å². The van der Waals surface area contributed by atoms with Crippen molar-refractivity contribution in [3.63, 3.8) is 0 Å². The van der Waals surface area contributed by atoms with Gasteiger partial charge in [-0.25, -0.2) is 0 Å². The zero-order valence-electron chi connectivity index (χ0n) is 35.6. The van der Waals surface area contributed by atoms with Gasteiger partial charge in [-0.15, -0.1) is 0 Å². The van der Waals surface area contributed by atoms with Gasteiger partial charge >= 0.3 is 5.97 Å². The molecule has 59 heavy (non-hydrogen) atoms. The number of amides is 7. The fraction of sp³-hybridized carbons (Fsp3) is 0.650. The lowest BCUT2D eigenvalue weighted by atomic mass is 9.98. The molecule has 0 saturated heterocycles. The molecule has 0 spiro atoms. The summed E-state index contributed by atoms with van der Waals surface area (Å²) in [7, 11) is 0. The molecule has 1 aromatic rings. The summed E-state index contributed by atoms with van der Waals surface area (Å²) in [6.45, 7) is 12.6. The van der Waals surface area contributed by atoms with Gasteiger partial charge in [0, 0.05) is 6.42 Å². The Labute approximate surface area is 351 Å². The number of rotatable bonds is 26. The van der Waals surface area contributed by atoms with Gasteiger partial charge in [0.25, 0.3) is 0 Å². The summed E-state index contributed by atoms with van der Waals surface area (Å²) in [5, 5.41) is 37.1. The number of hydrogen-bond donors (Lipinski definition) is 10. The molecule has 0 fully saturated rings. The fourth-order valence-electron chi connectivity index (χ4n) is 5.73. The van der Waals surface area contributed by atoms with Crippen LogP contribution >= 0.6 is 11.8 Å². The summed E-state index contributed by atoms with van der Waals surface area (Å²) in [5.41, 5.74) is 6.73. The van der Waals surface area contributed by atoms with Crippen LogP contribution in [0.2, 0.25) is 0 Å². The maximum Gasteiger partial charge on any atom is 0.325 e. The molecule has 0 saturated carbocycles. The number of carboxylic acid groups (broad SMARTS) is 1. The van der Waals surface area contributed by atoms with E-state index in [1.807, 2.05) is 20.1 Å². The quantitative estimate of drug-likeness (QED) is 0.0569. The van der Waals surface area contributed by atoms with Crippen molar-refractivity contribution in [2.75, 3.05) is 18.6 Å². The third kappa shape index (κ3) is 19.7. The molecule has 19 heteroatoms. The molecular formula is C40H66N8O10S. The molecule has 8 atom stereocenters. The number of nitrogens with one attached hydrogen (secondary N) is 7. The van der Waals surface area contributed by atoms with Gasteiger partial charge in [-0.2, -0.15) is 11.8 Å². The zero-order chi connectivity index (χ0) is 45.0. The second-order valence-electron chi connectivity index (χ2n) is 15.8. The highest BCUT2D eigenvalue weighted by Gasteiger charge is 2.34. The van der Waals surface area contributed by atoms with Gasteiger partial charge in [0.1, 0.15) is 36.3 Å². The molecule has 332 valence electrons. The van der Waals surface area contributed by atoms with E-state index in [9.17, 15) is 43.5 Å². The van der Waals surface area contributed by atoms with Gasteiger partial charge in [0.05, 0.1) is 18.7 Å². The minimum atomic E-state index is -1.54. The van der Waals surface area contributed by atoms with Crippen LogP contribution in [0.1, 0.15) is 80.2 Å². The highest BCUT2D eigenvalue weighted by Crippen LogP contribution is 2.11. The minimum absolute atomic E-state index is 0.00741. The Bertz CT molecular complexity index is 1560. The van der Waals surface area contributed by atoms with E-state index in [0.29, 0.717) is 17.7 Å². The number of benzene rings is 1. The second-order valence-corrected chi connectivity index (χ2v) is 16.8. The standard InChI is InChI=1S/C40H66N8O10S/c1-21(2)17-28(36(53)48-33(25(8)49)39(56)43-24(7)40(57)58)44-31(50)20-42-35(52)30(19-26-13-11-10-12-14-26)46-38(55)32(23(5)6)47-37(54)29(18-22(3)4)45-34(51)27(41)15-16-59-9/h10-14,21-25,27-30,32-33,49H,15-20,41H2,1-9H3,(H,42,52)(H,43,56)(H,44,50)(H,45,51)(H,46,55)(H,47,54)(H,48,53)(H,57,58). The van der Waals surface area contributed by atoms with Gasteiger partial charge in [-0.05, 0) is 68.4 Å². The summed E-state index contributed by atoms with van der Waals surface area (Å²) >= 11 is 1.54. The average molecular weight is 851 g/mol. The molecule has 0 heterocycles. The molecule has 0 aliphatic rings. The largest absolute Gasteiger partial charge is 0.480 e. The molecule has 0 aromatic heterocycles. The zero-order valence-corrected chi connectivity index (χ0v) is 36.4. The van der Waals surface area contributed by atoms with Crippen molar-refractivity contribution < 1.29 is 48.6 Å². The third-order valence-electron chi connectivity index (χ3n) is 9.05. The number of thioether (sulfide) groups is 1. The van der Waals surface area contributed by atoms with Crippen LogP contribution in [0.4, 0.5) is 0 Å². The Balaban J connectivity index is 3.19. The number of aliphatic hydroxyl groups is 1. The summed E-state index contributed by atoms with van der Waals surface area (Å²) in [5.74, 6) is -6.28. The van der Waals surface area contributed by atoms with E-state index in [4.69, 9.17) is 10.8 Å². The molecular weight excluding hydrogens is 785 g/mol. The van der Waals surface area contributed by atoms with Crippen molar-refractivity contribution in [3.05, 3.63) is 35.9 Å². The van der Waals surface area contributed by atoms with Gasteiger partial charge < -0.3 is 53.2 Å². The van der Waals surface area contributed by atoms with Crippen molar-refractivity contribution in [2.45, 2.75) is 129 Å². The highest BCUT2D eigenvalue weighted by molar-refractivity contribution is 7.98. The lowest BCUT2D eigenvalue weighted by Gasteiger charge is -2.28. The first-order chi connectivity index (χ1) is 27.6. The Hall–Kier alpha value is -4.75. The number of carboxylic acids is 1. The van der Waals surface area contributed by atoms with Gasteiger partial charge in [0.15, 0.2) is 0 Å². The van der Waals surface area contributed by atoms with E-state index in [1.165, 1.54) is 13.8 Å². The lowest BCUT2D eigenvalue weighted by molar-refractivity contribution is -0.142. The molecule has 1 rings (SSSR count). The first-order valence-electron chi connectivity index (χ1n) is 19.9. The molecule has 7 amide bonds. The van der Waals surface area contributed by atoms with Crippen LogP contribution in [0.3, 0.4) is 0 Å². The van der Waals surface area contributed by atoms with E-state index in [1.54, 1.807) is 69.8 Å². The SMILES string of the molecule is CSCCC(N)C(=O)NC(CC(C)C)C(=O)NC(C(=O)NC(Cc1ccccc1)C(=O)NCC(=O)NC(CC(C)C)C(=O)NC(C(=O)NC(C)C(=O)O)C(C)O)C(C)C. The maximum absolute atomic E-state index is 13.8. The van der Waals surface area contributed by atoms with Crippen molar-refractivity contribution in [3.8, 4) is 0 Å². The first kappa shape index (κ1) is 52.3. The van der Waals surface area contributed by atoms with E-state index in [0.717, 1.165) is 0 Å². The topological polar surface area (TPSA) is 287 Å². The second kappa shape index (κ2) is 26.4. The number of nitrogens with two attached hydrogens (primary N) is 1. The Morgan fingerprint density at radius 3 is 1.64 bits per heavy atom. The van der Waals surface area contributed by atoms with E-state index >= 15 is 0 Å². The fourth-order valence-corrected chi connectivity index (χ4v) is 6.22. The van der Waals surface area contributed by atoms with Crippen LogP contribution in [-0.4, -0.2) is 124 Å². The van der Waals surface area contributed by atoms with E-state index in [-0.39, 0.29) is 31.1 Å². The van der Waals surface area contributed by atoms with E-state index in [2.05, 4.69) is 37.2 Å². The third-order valence-corrected chi connectivity index (χ3v) is 9.69. The Morgan fingerprint density at radius 2 is 1.15 bits per heavy atom. The lowest BCUT2D eigenvalue weighted by Crippen LogP contribution is -2.60. The van der Waals surface area contributed by atoms with Crippen molar-refractivity contribution in [1.82, 2.24) is 37.2 Å². The van der Waals surface area contributed by atoms with Crippen molar-refractivity contribution >= 4 is 59.1 Å². The molecule has 0 bridgehead atoms. The predicted octanol–water partition coefficient (Wildman–Crippen LogP) is -0.432. The molecule has 18 nitrogen and oxygen atoms in total. The smallest absolute Gasteiger partial charge is 0.325 e. The molecule has 0 aliphatic carbocycles. The number of carbonyl (C=O) groups excluding carboxylic acids is 7. The molecule has 0 aliphatic heterocycles. The van der Waals surface area contributed by atoms with Gasteiger partial charge in [-0.3, -0.25) is 38.4 Å². The van der Waals surface area contributed by atoms with Crippen LogP contribution in [-0.2, 0) is 44.8 Å². The Morgan fingerprint density at radius 1 is 0.644 bits per heavy atom. The van der Waals surface area contributed by atoms with Crippen LogP contribution in [0.25, 0.3) is 0 Å². The van der Waals surface area contributed by atoms with Crippen LogP contribution < -0.4 is 43.0 Å². The molecule has 1 aromatic carbocycles. The number of carbonyl (C=O) groups is 8. The Kier molecular flexibility index (Phi) is 23.4. The maximum atomic E-state index is 13.8. The molecule has 8 unspecified atom stereocenters. The highest BCUT2D eigenvalue weighted by atomic mass is 32.2. The summed E-state index contributed by atoms with van der Waals surface area (Å²) < 4.78 is 0. The summed E-state index contributed by atoms with van der Waals surface area (Å²) in [6, 6.07) is 0.612. The first-order valence-corrected chi connectivity index (χ1v) is 21.2.